The van der Waals surface area contributed by atoms with Gasteiger partial charge in [0, 0.05) is 35.0 Å². The van der Waals surface area contributed by atoms with E-state index in [9.17, 15) is 35.9 Å². The first kappa shape index (κ1) is 29.3. The molecule has 0 bridgehead atoms. The fourth-order valence-electron chi connectivity index (χ4n) is 5.92. The summed E-state index contributed by atoms with van der Waals surface area (Å²) >= 11 is 0. The van der Waals surface area contributed by atoms with E-state index in [-0.39, 0.29) is 41.8 Å². The van der Waals surface area contributed by atoms with Crippen LogP contribution < -0.4 is 11.1 Å². The van der Waals surface area contributed by atoms with Crippen LogP contribution in [0.15, 0.2) is 54.7 Å². The van der Waals surface area contributed by atoms with E-state index >= 15 is 4.39 Å². The molecule has 3 atom stereocenters. The van der Waals surface area contributed by atoms with Gasteiger partial charge in [0.15, 0.2) is 5.69 Å². The molecule has 3 N–H and O–H groups in total. The van der Waals surface area contributed by atoms with E-state index < -0.39 is 76.4 Å². The van der Waals surface area contributed by atoms with Crippen molar-refractivity contribution in [2.45, 2.75) is 43.7 Å². The molecule has 228 valence electrons. The maximum Gasteiger partial charge on any atom is 0.435 e. The maximum atomic E-state index is 15.1. The number of fused-ring (bicyclic) bond motifs is 3. The summed E-state index contributed by atoms with van der Waals surface area (Å²) in [6.07, 6.45) is -3.85. The van der Waals surface area contributed by atoms with Crippen LogP contribution in [0.1, 0.15) is 51.0 Å². The molecule has 0 aliphatic heterocycles. The lowest BCUT2D eigenvalue weighted by molar-refractivity contribution is -0.143. The molecule has 7 nitrogen and oxygen atoms in total. The monoisotopic (exact) mass is 617 g/mol. The van der Waals surface area contributed by atoms with Crippen LogP contribution in [0.5, 0.6) is 0 Å². The number of carbonyl (C=O) groups is 2. The largest absolute Gasteiger partial charge is 0.435 e. The summed E-state index contributed by atoms with van der Waals surface area (Å²) in [5.41, 5.74) is 1.65. The number of amides is 2. The van der Waals surface area contributed by atoms with E-state index in [1.165, 1.54) is 24.4 Å². The van der Waals surface area contributed by atoms with E-state index in [0.29, 0.717) is 11.6 Å². The lowest BCUT2D eigenvalue weighted by atomic mass is 9.94. The Bertz CT molecular complexity index is 1800. The van der Waals surface area contributed by atoms with Crippen molar-refractivity contribution < 1.29 is 40.3 Å². The second-order valence-electron chi connectivity index (χ2n) is 10.9. The third kappa shape index (κ3) is 5.28. The highest BCUT2D eigenvalue weighted by Gasteiger charge is 2.66. The Balaban J connectivity index is 1.37. The summed E-state index contributed by atoms with van der Waals surface area (Å²) in [6, 6.07) is 8.22. The van der Waals surface area contributed by atoms with E-state index in [2.05, 4.69) is 15.4 Å². The number of benzene rings is 2. The molecule has 2 aromatic heterocycles. The number of halogens is 7. The third-order valence-corrected chi connectivity index (χ3v) is 7.91. The lowest BCUT2D eigenvalue weighted by Gasteiger charge is -2.22. The van der Waals surface area contributed by atoms with Crippen molar-refractivity contribution in [1.82, 2.24) is 20.1 Å². The zero-order valence-electron chi connectivity index (χ0n) is 22.6. The maximum absolute atomic E-state index is 15.1. The standard InChI is InChI=1S/C30H22F7N5O2/c31-17-6-14(7-18(32)11-17)8-22(26-19(2-1-5-39-26)15-3-4-21(33)20(9-15)28(38)44)40-24(43)13-42-23-10-16-12-29(16,34)25(23)27(41-42)30(35,36)37/h1-7,9,11,16,22H,8,10,12-13H2,(H2,38,44)(H,40,43). The van der Waals surface area contributed by atoms with Gasteiger partial charge < -0.3 is 11.1 Å². The molecule has 14 heteroatoms. The molecule has 44 heavy (non-hydrogen) atoms. The van der Waals surface area contributed by atoms with Gasteiger partial charge >= 0.3 is 6.18 Å². The van der Waals surface area contributed by atoms with Crippen LogP contribution in [0.25, 0.3) is 11.1 Å². The summed E-state index contributed by atoms with van der Waals surface area (Å²) in [4.78, 5) is 29.5. The Morgan fingerprint density at radius 2 is 1.82 bits per heavy atom. The van der Waals surface area contributed by atoms with Gasteiger partial charge in [0.1, 0.15) is 29.7 Å². The van der Waals surface area contributed by atoms with E-state index in [4.69, 9.17) is 5.73 Å². The fourth-order valence-corrected chi connectivity index (χ4v) is 5.92. The minimum absolute atomic E-state index is 0.00859. The van der Waals surface area contributed by atoms with Gasteiger partial charge in [-0.1, -0.05) is 12.1 Å². The number of nitrogens with two attached hydrogens (primary N) is 1. The second-order valence-corrected chi connectivity index (χ2v) is 10.9. The molecule has 2 aliphatic rings. The van der Waals surface area contributed by atoms with Crippen molar-refractivity contribution in [3.8, 4) is 11.1 Å². The molecular formula is C30H22F7N5O2. The molecule has 0 radical (unpaired) electrons. The Morgan fingerprint density at radius 1 is 1.09 bits per heavy atom. The Morgan fingerprint density at radius 3 is 2.50 bits per heavy atom. The van der Waals surface area contributed by atoms with Crippen molar-refractivity contribution in [3.05, 3.63) is 106 Å². The van der Waals surface area contributed by atoms with Gasteiger partial charge in [0.2, 0.25) is 5.91 Å². The normalized spacial score (nSPS) is 19.3. The number of primary amides is 1. The summed E-state index contributed by atoms with van der Waals surface area (Å²) in [5.74, 6) is -5.13. The molecule has 2 aromatic carbocycles. The highest BCUT2D eigenvalue weighted by atomic mass is 19.4. The molecule has 0 spiro atoms. The number of pyridine rings is 1. The molecule has 4 aromatic rings. The van der Waals surface area contributed by atoms with Gasteiger partial charge in [-0.15, -0.1) is 0 Å². The molecular weight excluding hydrogens is 595 g/mol. The molecule has 2 aliphatic carbocycles. The fraction of sp³-hybridized carbons (Fsp3) is 0.267. The van der Waals surface area contributed by atoms with Crippen molar-refractivity contribution in [1.29, 1.82) is 0 Å². The van der Waals surface area contributed by atoms with Crippen molar-refractivity contribution in [3.63, 3.8) is 0 Å². The zero-order chi connectivity index (χ0) is 31.6. The number of hydrogen-bond donors (Lipinski definition) is 2. The summed E-state index contributed by atoms with van der Waals surface area (Å²) in [6.45, 7) is -0.709. The second kappa shape index (κ2) is 10.5. The Hall–Kier alpha value is -4.75. The first-order valence-corrected chi connectivity index (χ1v) is 13.4. The predicted molar refractivity (Wildman–Crippen MR) is 141 cm³/mol. The summed E-state index contributed by atoms with van der Waals surface area (Å²) in [5, 5.41) is 6.20. The van der Waals surface area contributed by atoms with Gasteiger partial charge in [-0.05, 0) is 60.7 Å². The van der Waals surface area contributed by atoms with Gasteiger partial charge in [-0.2, -0.15) is 18.3 Å². The van der Waals surface area contributed by atoms with Crippen LogP contribution in [0.3, 0.4) is 0 Å². The first-order chi connectivity index (χ1) is 20.7. The summed E-state index contributed by atoms with van der Waals surface area (Å²) in [7, 11) is 0. The molecule has 1 fully saturated rings. The SMILES string of the molecule is NC(=O)c1cc(-c2cccnc2C(Cc2cc(F)cc(F)c2)NC(=O)Cn2nc(C(F)(F)F)c3c2CC2CC32F)ccc1F. The minimum Gasteiger partial charge on any atom is -0.366 e. The van der Waals surface area contributed by atoms with Crippen molar-refractivity contribution in [2.24, 2.45) is 11.7 Å². The highest BCUT2D eigenvalue weighted by Crippen LogP contribution is 2.65. The van der Waals surface area contributed by atoms with E-state index in [1.54, 1.807) is 6.07 Å². The minimum atomic E-state index is -4.94. The highest BCUT2D eigenvalue weighted by molar-refractivity contribution is 5.94. The number of alkyl halides is 4. The van der Waals surface area contributed by atoms with Crippen LogP contribution in [-0.2, 0) is 36.0 Å². The smallest absolute Gasteiger partial charge is 0.366 e. The number of rotatable bonds is 8. The quantitative estimate of drug-likeness (QED) is 0.261. The zero-order valence-corrected chi connectivity index (χ0v) is 22.6. The number of carbonyl (C=O) groups excluding carboxylic acids is 2. The summed E-state index contributed by atoms with van der Waals surface area (Å²) < 4.78 is 99.5. The van der Waals surface area contributed by atoms with E-state index in [0.717, 1.165) is 22.9 Å². The number of nitrogens with zero attached hydrogens (tertiary/aromatic N) is 3. The van der Waals surface area contributed by atoms with E-state index in [1.807, 2.05) is 0 Å². The molecule has 6 rings (SSSR count). The van der Waals surface area contributed by atoms with Crippen LogP contribution in [0.4, 0.5) is 30.7 Å². The van der Waals surface area contributed by atoms with Crippen LogP contribution in [-0.4, -0.2) is 26.6 Å². The predicted octanol–water partition coefficient (Wildman–Crippen LogP) is 5.32. The molecule has 2 amide bonds. The van der Waals surface area contributed by atoms with Crippen molar-refractivity contribution >= 4 is 11.8 Å². The van der Waals surface area contributed by atoms with Crippen molar-refractivity contribution in [2.75, 3.05) is 0 Å². The molecule has 0 saturated heterocycles. The Kier molecular flexibility index (Phi) is 6.97. The van der Waals surface area contributed by atoms with Gasteiger partial charge in [0.05, 0.1) is 17.3 Å². The average molecular weight is 618 g/mol. The lowest BCUT2D eigenvalue weighted by Crippen LogP contribution is -2.34. The Labute approximate surface area is 244 Å². The average Bonchev–Trinajstić information content (AvgIpc) is 3.29. The molecule has 2 heterocycles. The van der Waals surface area contributed by atoms with Crippen LogP contribution in [0.2, 0.25) is 0 Å². The molecule has 3 unspecified atom stereocenters. The number of nitrogens with one attached hydrogen (secondary N) is 1. The van der Waals surface area contributed by atoms with Gasteiger partial charge in [0.25, 0.3) is 5.91 Å². The number of aromatic nitrogens is 3. The van der Waals surface area contributed by atoms with Gasteiger partial charge in [-0.3, -0.25) is 19.3 Å². The molecule has 1 saturated carbocycles. The van der Waals surface area contributed by atoms with Crippen LogP contribution in [0, 0.1) is 23.4 Å². The first-order valence-electron chi connectivity index (χ1n) is 13.4. The van der Waals surface area contributed by atoms with Gasteiger partial charge in [-0.25, -0.2) is 17.6 Å². The topological polar surface area (TPSA) is 103 Å². The third-order valence-electron chi connectivity index (χ3n) is 7.91. The number of hydrogen-bond acceptors (Lipinski definition) is 4. The van der Waals surface area contributed by atoms with Crippen LogP contribution >= 0.6 is 0 Å².